The van der Waals surface area contributed by atoms with Crippen LogP contribution < -0.4 is 10.6 Å². The summed E-state index contributed by atoms with van der Waals surface area (Å²) in [6, 6.07) is 14.7. The summed E-state index contributed by atoms with van der Waals surface area (Å²) in [6.07, 6.45) is 1.92. The molecule has 0 saturated heterocycles. The third-order valence-corrected chi connectivity index (χ3v) is 7.42. The zero-order chi connectivity index (χ0) is 29.1. The van der Waals surface area contributed by atoms with E-state index >= 15 is 0 Å². The first-order chi connectivity index (χ1) is 19.2. The van der Waals surface area contributed by atoms with E-state index in [4.69, 9.17) is 0 Å². The molecule has 2 atom stereocenters. The molecule has 40 heavy (non-hydrogen) atoms. The second-order valence-electron chi connectivity index (χ2n) is 9.40. The van der Waals surface area contributed by atoms with Crippen LogP contribution in [0.2, 0.25) is 0 Å². The van der Waals surface area contributed by atoms with E-state index in [2.05, 4.69) is 15.6 Å². The summed E-state index contributed by atoms with van der Waals surface area (Å²) in [5, 5.41) is 26.9. The van der Waals surface area contributed by atoms with E-state index < -0.39 is 24.0 Å². The molecule has 0 bridgehead atoms. The second-order valence-corrected chi connectivity index (χ2v) is 10.6. The molecule has 4 N–H and O–H groups in total. The lowest BCUT2D eigenvalue weighted by Crippen LogP contribution is -2.54. The van der Waals surface area contributed by atoms with Gasteiger partial charge >= 0.3 is 0 Å². The van der Waals surface area contributed by atoms with Gasteiger partial charge in [-0.1, -0.05) is 43.3 Å². The minimum absolute atomic E-state index is 0.0286. The fraction of sp³-hybridized carbons (Fsp3) is 0.333. The number of phenolic OH excluding ortho intramolecular Hbond substituents is 1. The van der Waals surface area contributed by atoms with Crippen LogP contribution in [0.15, 0.2) is 67.0 Å². The van der Waals surface area contributed by atoms with Gasteiger partial charge in [0.05, 0.1) is 11.9 Å². The van der Waals surface area contributed by atoms with Gasteiger partial charge in [-0.3, -0.25) is 19.4 Å². The number of carbonyl (C=O) groups is 3. The number of aliphatic hydroxyl groups is 1. The molecule has 0 aliphatic rings. The summed E-state index contributed by atoms with van der Waals surface area (Å²) in [6.45, 7) is 5.49. The summed E-state index contributed by atoms with van der Waals surface area (Å²) in [7, 11) is 0. The summed E-state index contributed by atoms with van der Waals surface area (Å²) >= 11 is 1.44. The fourth-order valence-corrected chi connectivity index (χ4v) is 4.70. The summed E-state index contributed by atoms with van der Waals surface area (Å²) < 4.78 is 0. The van der Waals surface area contributed by atoms with Gasteiger partial charge in [0, 0.05) is 30.1 Å². The highest BCUT2D eigenvalue weighted by Gasteiger charge is 2.32. The highest BCUT2D eigenvalue weighted by molar-refractivity contribution is 7.99. The number of phenols is 1. The van der Waals surface area contributed by atoms with Crippen molar-refractivity contribution in [1.82, 2.24) is 20.5 Å². The second kappa shape index (κ2) is 15.0. The molecule has 9 nitrogen and oxygen atoms in total. The van der Waals surface area contributed by atoms with E-state index in [1.807, 2.05) is 50.2 Å². The van der Waals surface area contributed by atoms with Crippen LogP contribution in [0.1, 0.15) is 39.5 Å². The average Bonchev–Trinajstić information content (AvgIpc) is 2.95. The van der Waals surface area contributed by atoms with Crippen LogP contribution >= 0.6 is 11.8 Å². The van der Waals surface area contributed by atoms with Crippen molar-refractivity contribution in [2.45, 2.75) is 45.9 Å². The van der Waals surface area contributed by atoms with Gasteiger partial charge in [-0.15, -0.1) is 11.8 Å². The summed E-state index contributed by atoms with van der Waals surface area (Å²) in [5.74, 6) is -0.692. The molecule has 10 heteroatoms. The summed E-state index contributed by atoms with van der Waals surface area (Å²) in [4.78, 5) is 44.9. The van der Waals surface area contributed by atoms with Crippen molar-refractivity contribution in [1.29, 1.82) is 0 Å². The normalized spacial score (nSPS) is 12.3. The number of thioether (sulfide) groups is 1. The van der Waals surface area contributed by atoms with Crippen molar-refractivity contribution in [3.05, 3.63) is 94.8 Å². The number of aliphatic hydroxyl groups excluding tert-OH is 1. The highest BCUT2D eigenvalue weighted by Crippen LogP contribution is 2.20. The molecule has 1 aromatic heterocycles. The number of nitrogens with zero attached hydrogens (tertiary/aromatic N) is 2. The molecule has 1 heterocycles. The lowest BCUT2D eigenvalue weighted by molar-refractivity contribution is -0.143. The van der Waals surface area contributed by atoms with Gasteiger partial charge in [-0.05, 0) is 60.9 Å². The molecule has 3 rings (SSSR count). The predicted molar refractivity (Wildman–Crippen MR) is 156 cm³/mol. The first-order valence-corrected chi connectivity index (χ1v) is 14.2. The summed E-state index contributed by atoms with van der Waals surface area (Å²) in [5.41, 5.74) is 3.29. The Morgan fingerprint density at radius 3 is 2.50 bits per heavy atom. The van der Waals surface area contributed by atoms with E-state index in [-0.39, 0.29) is 42.6 Å². The van der Waals surface area contributed by atoms with Crippen LogP contribution in [0, 0.1) is 13.8 Å². The van der Waals surface area contributed by atoms with Gasteiger partial charge in [0.1, 0.15) is 12.3 Å². The van der Waals surface area contributed by atoms with Crippen LogP contribution in [0.5, 0.6) is 5.75 Å². The maximum Gasteiger partial charge on any atom is 0.254 e. The van der Waals surface area contributed by atoms with Crippen LogP contribution in [0.4, 0.5) is 0 Å². The fourth-order valence-electron chi connectivity index (χ4n) is 4.08. The largest absolute Gasteiger partial charge is 0.508 e. The van der Waals surface area contributed by atoms with Crippen molar-refractivity contribution in [3.8, 4) is 5.75 Å². The third-order valence-electron chi connectivity index (χ3n) is 6.52. The third kappa shape index (κ3) is 8.56. The molecule has 0 saturated carbocycles. The van der Waals surface area contributed by atoms with Gasteiger partial charge in [-0.2, -0.15) is 0 Å². The molecule has 0 spiro atoms. The molecule has 3 amide bonds. The smallest absolute Gasteiger partial charge is 0.254 e. The van der Waals surface area contributed by atoms with Crippen LogP contribution in [0.3, 0.4) is 0 Å². The lowest BCUT2D eigenvalue weighted by atomic mass is 9.99. The zero-order valence-corrected chi connectivity index (χ0v) is 23.8. The molecule has 0 fully saturated rings. The van der Waals surface area contributed by atoms with Gasteiger partial charge in [0.2, 0.25) is 5.91 Å². The lowest BCUT2D eigenvalue weighted by Gasteiger charge is -2.29. The molecule has 212 valence electrons. The van der Waals surface area contributed by atoms with Gasteiger partial charge in [0.15, 0.2) is 6.10 Å². The quantitative estimate of drug-likeness (QED) is 0.235. The number of hydrogen-bond acceptors (Lipinski definition) is 7. The Morgan fingerprint density at radius 1 is 1.05 bits per heavy atom. The van der Waals surface area contributed by atoms with E-state index in [0.717, 1.165) is 16.7 Å². The van der Waals surface area contributed by atoms with E-state index in [1.165, 1.54) is 22.7 Å². The number of amides is 3. The van der Waals surface area contributed by atoms with Crippen molar-refractivity contribution < 1.29 is 24.6 Å². The Hall–Kier alpha value is -3.89. The monoisotopic (exact) mass is 564 g/mol. The van der Waals surface area contributed by atoms with Crippen molar-refractivity contribution in [3.63, 3.8) is 0 Å². The Labute approximate surface area is 239 Å². The van der Waals surface area contributed by atoms with E-state index in [0.29, 0.717) is 11.3 Å². The van der Waals surface area contributed by atoms with Crippen molar-refractivity contribution in [2.75, 3.05) is 18.2 Å². The minimum Gasteiger partial charge on any atom is -0.508 e. The van der Waals surface area contributed by atoms with Crippen LogP contribution in [-0.4, -0.2) is 68.1 Å². The Kier molecular flexibility index (Phi) is 11.5. The van der Waals surface area contributed by atoms with Crippen LogP contribution in [-0.2, 0) is 22.6 Å². The Morgan fingerprint density at radius 2 is 1.80 bits per heavy atom. The SMILES string of the molecule is CCSCN(CC(=O)NCc1cnccc1C)C(=O)[C@@H](O)[C@H](Cc1ccccc1)NC(=O)c1cccc(O)c1C. The molecule has 0 aliphatic heterocycles. The molecular formula is C30H36N4O5S. The highest BCUT2D eigenvalue weighted by atomic mass is 32.2. The topological polar surface area (TPSA) is 132 Å². The number of aromatic hydroxyl groups is 1. The molecule has 0 aliphatic carbocycles. The molecule has 3 aromatic rings. The first kappa shape index (κ1) is 30.6. The number of nitrogens with one attached hydrogen (secondary N) is 2. The Balaban J connectivity index is 1.78. The standard InChI is InChI=1S/C30H36N4O5S/c1-4-40-19-34(18-27(36)32-17-23-16-31-14-13-20(23)2)30(39)28(37)25(15-22-9-6-5-7-10-22)33-29(38)24-11-8-12-26(35)21(24)3/h5-14,16,25,28,35,37H,4,15,17-19H2,1-3H3,(H,32,36)(H,33,38)/t25-,28-/m0/s1. The number of rotatable bonds is 13. The van der Waals surface area contributed by atoms with E-state index in [9.17, 15) is 24.6 Å². The van der Waals surface area contributed by atoms with Gasteiger partial charge < -0.3 is 25.7 Å². The first-order valence-electron chi connectivity index (χ1n) is 13.0. The molecular weight excluding hydrogens is 528 g/mol. The maximum atomic E-state index is 13.6. The molecule has 2 aromatic carbocycles. The van der Waals surface area contributed by atoms with Gasteiger partial charge in [-0.25, -0.2) is 0 Å². The number of hydrogen-bond donors (Lipinski definition) is 4. The minimum atomic E-state index is -1.62. The van der Waals surface area contributed by atoms with E-state index in [1.54, 1.807) is 31.5 Å². The maximum absolute atomic E-state index is 13.6. The number of carbonyl (C=O) groups excluding carboxylic acids is 3. The zero-order valence-electron chi connectivity index (χ0n) is 23.0. The van der Waals surface area contributed by atoms with Crippen LogP contribution in [0.25, 0.3) is 0 Å². The number of aryl methyl sites for hydroxylation is 1. The average molecular weight is 565 g/mol. The Bertz CT molecular complexity index is 1300. The number of pyridine rings is 1. The van der Waals surface area contributed by atoms with Gasteiger partial charge in [0.25, 0.3) is 11.8 Å². The number of aromatic nitrogens is 1. The molecule has 0 unspecified atom stereocenters. The predicted octanol–water partition coefficient (Wildman–Crippen LogP) is 2.96. The number of benzene rings is 2. The van der Waals surface area contributed by atoms with Crippen molar-refractivity contribution >= 4 is 29.5 Å². The van der Waals surface area contributed by atoms with Crippen molar-refractivity contribution in [2.24, 2.45) is 0 Å². The molecule has 0 radical (unpaired) electrons.